The zero-order valence-electron chi connectivity index (χ0n) is 7.38. The van der Waals surface area contributed by atoms with Crippen LogP contribution in [0.15, 0.2) is 42.9 Å². The first-order valence-electron chi connectivity index (χ1n) is 4.39. The van der Waals surface area contributed by atoms with E-state index >= 15 is 0 Å². The third kappa shape index (κ3) is 0.956. The van der Waals surface area contributed by atoms with Crippen molar-refractivity contribution in [3.05, 3.63) is 42.9 Å². The summed E-state index contributed by atoms with van der Waals surface area (Å²) in [4.78, 5) is 12.8. The molecule has 3 aromatic rings. The molecule has 0 spiro atoms. The third-order valence-electron chi connectivity index (χ3n) is 2.22. The van der Waals surface area contributed by atoms with Gasteiger partial charge in [0.1, 0.15) is 0 Å². The van der Waals surface area contributed by atoms with Crippen LogP contribution in [-0.2, 0) is 0 Å². The van der Waals surface area contributed by atoms with E-state index in [4.69, 9.17) is 0 Å². The van der Waals surface area contributed by atoms with Crippen molar-refractivity contribution >= 4 is 21.9 Å². The van der Waals surface area contributed by atoms with E-state index in [0.717, 1.165) is 21.9 Å². The zero-order valence-corrected chi connectivity index (χ0v) is 7.38. The van der Waals surface area contributed by atoms with Crippen molar-refractivity contribution in [1.82, 2.24) is 15.0 Å². The molecule has 3 heteroatoms. The Morgan fingerprint density at radius 3 is 2.50 bits per heavy atom. The van der Waals surface area contributed by atoms with E-state index in [1.807, 2.05) is 24.3 Å². The maximum atomic E-state index is 4.31. The fourth-order valence-corrected chi connectivity index (χ4v) is 1.59. The quantitative estimate of drug-likeness (QED) is 0.499. The topological polar surface area (TPSA) is 38.7 Å². The van der Waals surface area contributed by atoms with Crippen LogP contribution in [0.4, 0.5) is 0 Å². The molecule has 0 saturated heterocycles. The number of hydrogen-bond acceptors (Lipinski definition) is 3. The summed E-state index contributed by atoms with van der Waals surface area (Å²) < 4.78 is 0. The van der Waals surface area contributed by atoms with Crippen molar-refractivity contribution in [2.24, 2.45) is 0 Å². The summed E-state index contributed by atoms with van der Waals surface area (Å²) in [5, 5.41) is 1.05. The van der Waals surface area contributed by atoms with Gasteiger partial charge in [0.25, 0.3) is 0 Å². The highest BCUT2D eigenvalue weighted by Crippen LogP contribution is 2.19. The van der Waals surface area contributed by atoms with Gasteiger partial charge in [0.15, 0.2) is 0 Å². The predicted octanol–water partition coefficient (Wildman–Crippen LogP) is 2.18. The van der Waals surface area contributed by atoms with Crippen LogP contribution < -0.4 is 0 Å². The summed E-state index contributed by atoms with van der Waals surface area (Å²) >= 11 is 0. The van der Waals surface area contributed by atoms with Gasteiger partial charge in [-0.15, -0.1) is 0 Å². The lowest BCUT2D eigenvalue weighted by Crippen LogP contribution is -1.85. The second-order valence-electron chi connectivity index (χ2n) is 3.06. The Bertz CT molecular complexity index is 550. The van der Waals surface area contributed by atoms with Crippen LogP contribution in [0.5, 0.6) is 0 Å². The second-order valence-corrected chi connectivity index (χ2v) is 3.06. The van der Waals surface area contributed by atoms with Crippen molar-refractivity contribution in [3.8, 4) is 0 Å². The lowest BCUT2D eigenvalue weighted by Gasteiger charge is -1.99. The van der Waals surface area contributed by atoms with Crippen molar-refractivity contribution < 1.29 is 0 Å². The summed E-state index contributed by atoms with van der Waals surface area (Å²) in [5.74, 6) is 0. The Labute approximate surface area is 80.5 Å². The molecule has 14 heavy (non-hydrogen) atoms. The number of hydrogen-bond donors (Lipinski definition) is 0. The van der Waals surface area contributed by atoms with Gasteiger partial charge in [-0.2, -0.15) is 0 Å². The molecule has 0 bridgehead atoms. The van der Waals surface area contributed by atoms with Gasteiger partial charge in [0.2, 0.25) is 0 Å². The minimum atomic E-state index is 0.910. The lowest BCUT2D eigenvalue weighted by molar-refractivity contribution is 1.30. The smallest absolute Gasteiger partial charge is 0.0980 e. The van der Waals surface area contributed by atoms with Gasteiger partial charge in [-0.3, -0.25) is 15.0 Å². The van der Waals surface area contributed by atoms with Crippen LogP contribution in [0.1, 0.15) is 0 Å². The number of nitrogens with zero attached hydrogens (tertiary/aromatic N) is 3. The van der Waals surface area contributed by atoms with E-state index in [2.05, 4.69) is 15.0 Å². The molecule has 2 heterocycles. The molecule has 0 atom stereocenters. The standard InChI is InChI=1S/C11H7N3/c1-2-8-9(12-5-1)3-4-10-11(8)14-7-6-13-10/h1-7H. The molecule has 2 aromatic heterocycles. The second kappa shape index (κ2) is 2.73. The maximum absolute atomic E-state index is 4.31. The Morgan fingerprint density at radius 1 is 0.714 bits per heavy atom. The normalized spacial score (nSPS) is 10.9. The van der Waals surface area contributed by atoms with Crippen LogP contribution >= 0.6 is 0 Å². The highest BCUT2D eigenvalue weighted by atomic mass is 14.8. The molecule has 0 fully saturated rings. The van der Waals surface area contributed by atoms with Crippen LogP contribution in [0.3, 0.4) is 0 Å². The number of aromatic nitrogens is 3. The fourth-order valence-electron chi connectivity index (χ4n) is 1.59. The largest absolute Gasteiger partial charge is 0.256 e. The molecule has 3 nitrogen and oxygen atoms in total. The molecule has 0 saturated carbocycles. The van der Waals surface area contributed by atoms with Crippen LogP contribution in [-0.4, -0.2) is 15.0 Å². The minimum Gasteiger partial charge on any atom is -0.256 e. The molecule has 0 N–H and O–H groups in total. The highest BCUT2D eigenvalue weighted by molar-refractivity contribution is 6.01. The lowest BCUT2D eigenvalue weighted by atomic mass is 10.2. The van der Waals surface area contributed by atoms with Gasteiger partial charge in [0, 0.05) is 24.0 Å². The molecule has 3 rings (SSSR count). The average Bonchev–Trinajstić information content (AvgIpc) is 2.29. The number of fused-ring (bicyclic) bond motifs is 3. The number of pyridine rings is 1. The van der Waals surface area contributed by atoms with Gasteiger partial charge < -0.3 is 0 Å². The van der Waals surface area contributed by atoms with Crippen molar-refractivity contribution in [1.29, 1.82) is 0 Å². The number of rotatable bonds is 0. The van der Waals surface area contributed by atoms with Crippen molar-refractivity contribution in [2.75, 3.05) is 0 Å². The highest BCUT2D eigenvalue weighted by Gasteiger charge is 2.00. The van der Waals surface area contributed by atoms with Gasteiger partial charge in [-0.25, -0.2) is 0 Å². The maximum Gasteiger partial charge on any atom is 0.0980 e. The summed E-state index contributed by atoms with van der Waals surface area (Å²) in [6, 6.07) is 7.83. The molecule has 0 unspecified atom stereocenters. The monoisotopic (exact) mass is 181 g/mol. The molecule has 1 aromatic carbocycles. The SMILES string of the molecule is c1cnc2ccc3nccnc3c2c1. The van der Waals surface area contributed by atoms with E-state index in [1.54, 1.807) is 18.6 Å². The fraction of sp³-hybridized carbons (Fsp3) is 0. The Hall–Kier alpha value is -2.03. The Morgan fingerprint density at radius 2 is 1.50 bits per heavy atom. The van der Waals surface area contributed by atoms with Gasteiger partial charge in [-0.05, 0) is 24.3 Å². The molecule has 0 aliphatic carbocycles. The Balaban J connectivity index is 2.61. The van der Waals surface area contributed by atoms with Crippen molar-refractivity contribution in [3.63, 3.8) is 0 Å². The minimum absolute atomic E-state index is 0.910. The van der Waals surface area contributed by atoms with E-state index in [9.17, 15) is 0 Å². The first-order valence-corrected chi connectivity index (χ1v) is 4.39. The van der Waals surface area contributed by atoms with Crippen LogP contribution in [0, 0.1) is 0 Å². The molecule has 0 amide bonds. The Kier molecular flexibility index (Phi) is 1.44. The molecule has 0 aliphatic rings. The van der Waals surface area contributed by atoms with Crippen molar-refractivity contribution in [2.45, 2.75) is 0 Å². The summed E-state index contributed by atoms with van der Waals surface area (Å²) in [6.45, 7) is 0. The third-order valence-corrected chi connectivity index (χ3v) is 2.22. The molecular formula is C11H7N3. The van der Waals surface area contributed by atoms with E-state index in [1.165, 1.54) is 0 Å². The van der Waals surface area contributed by atoms with Crippen LogP contribution in [0.25, 0.3) is 21.9 Å². The van der Waals surface area contributed by atoms with Gasteiger partial charge in [-0.1, -0.05) is 0 Å². The van der Waals surface area contributed by atoms with Gasteiger partial charge >= 0.3 is 0 Å². The zero-order chi connectivity index (χ0) is 9.38. The molecule has 0 aliphatic heterocycles. The summed E-state index contributed by atoms with van der Waals surface area (Å²) in [5.41, 5.74) is 2.78. The van der Waals surface area contributed by atoms with E-state index in [-0.39, 0.29) is 0 Å². The van der Waals surface area contributed by atoms with E-state index in [0.29, 0.717) is 0 Å². The van der Waals surface area contributed by atoms with Crippen LogP contribution in [0.2, 0.25) is 0 Å². The molecule has 66 valence electrons. The molecule has 0 radical (unpaired) electrons. The first-order chi connectivity index (χ1) is 6.95. The summed E-state index contributed by atoms with van der Waals surface area (Å²) in [7, 11) is 0. The number of benzene rings is 1. The van der Waals surface area contributed by atoms with Gasteiger partial charge in [0.05, 0.1) is 16.6 Å². The summed E-state index contributed by atoms with van der Waals surface area (Å²) in [6.07, 6.45) is 5.18. The predicted molar refractivity (Wildman–Crippen MR) is 54.8 cm³/mol. The van der Waals surface area contributed by atoms with E-state index < -0.39 is 0 Å². The first kappa shape index (κ1) is 7.38. The molecular weight excluding hydrogens is 174 g/mol. The average molecular weight is 181 g/mol.